The largest absolute Gasteiger partial charge is 0.354 e. The zero-order chi connectivity index (χ0) is 13.6. The summed E-state index contributed by atoms with van der Waals surface area (Å²) in [6.45, 7) is 7.60. The van der Waals surface area contributed by atoms with Crippen molar-refractivity contribution in [1.82, 2.24) is 10.6 Å². The van der Waals surface area contributed by atoms with Crippen LogP contribution in [-0.2, 0) is 10.2 Å². The summed E-state index contributed by atoms with van der Waals surface area (Å²) in [6.07, 6.45) is 0. The first kappa shape index (κ1) is 14.6. The molecule has 18 heavy (non-hydrogen) atoms. The van der Waals surface area contributed by atoms with Crippen molar-refractivity contribution < 1.29 is 9.18 Å². The van der Waals surface area contributed by atoms with E-state index in [0.29, 0.717) is 12.1 Å². The summed E-state index contributed by atoms with van der Waals surface area (Å²) in [4.78, 5) is 12.1. The van der Waals surface area contributed by atoms with Crippen molar-refractivity contribution in [3.8, 4) is 0 Å². The molecule has 1 rings (SSSR count). The maximum Gasteiger partial charge on any atom is 0.230 e. The normalized spacial score (nSPS) is 11.3. The van der Waals surface area contributed by atoms with Crippen LogP contribution in [0, 0.1) is 5.82 Å². The topological polar surface area (TPSA) is 41.1 Å². The van der Waals surface area contributed by atoms with Crippen LogP contribution in [0.3, 0.4) is 0 Å². The van der Waals surface area contributed by atoms with Crippen molar-refractivity contribution in [2.24, 2.45) is 0 Å². The second kappa shape index (κ2) is 6.50. The quantitative estimate of drug-likeness (QED) is 0.758. The molecule has 0 radical (unpaired) electrons. The van der Waals surface area contributed by atoms with Crippen molar-refractivity contribution in [2.75, 3.05) is 19.6 Å². The fourth-order valence-corrected chi connectivity index (χ4v) is 1.75. The van der Waals surface area contributed by atoms with Gasteiger partial charge in [0.05, 0.1) is 5.41 Å². The van der Waals surface area contributed by atoms with Gasteiger partial charge < -0.3 is 10.6 Å². The Bertz CT molecular complexity index is 405. The van der Waals surface area contributed by atoms with E-state index in [1.54, 1.807) is 32.0 Å². The summed E-state index contributed by atoms with van der Waals surface area (Å²) in [5, 5.41) is 5.93. The first-order chi connectivity index (χ1) is 8.50. The molecule has 0 aliphatic heterocycles. The molecule has 0 saturated carbocycles. The number of rotatable bonds is 6. The molecule has 0 fully saturated rings. The van der Waals surface area contributed by atoms with Crippen LogP contribution in [0.25, 0.3) is 0 Å². The molecule has 0 heterocycles. The van der Waals surface area contributed by atoms with E-state index in [1.807, 2.05) is 6.92 Å². The Morgan fingerprint density at radius 2 is 1.94 bits per heavy atom. The number of nitrogens with one attached hydrogen (secondary N) is 2. The first-order valence-electron chi connectivity index (χ1n) is 6.24. The minimum absolute atomic E-state index is 0.162. The number of carbonyl (C=O) groups excluding carboxylic acids is 1. The summed E-state index contributed by atoms with van der Waals surface area (Å²) in [6, 6.07) is 6.40. The highest BCUT2D eigenvalue weighted by molar-refractivity contribution is 5.87. The predicted octanol–water partition coefficient (Wildman–Crippen LogP) is 1.83. The lowest BCUT2D eigenvalue weighted by Gasteiger charge is -2.24. The predicted molar refractivity (Wildman–Crippen MR) is 71.0 cm³/mol. The molecular formula is C14H21FN2O. The van der Waals surface area contributed by atoms with Crippen molar-refractivity contribution in [2.45, 2.75) is 26.2 Å². The van der Waals surface area contributed by atoms with E-state index in [1.165, 1.54) is 6.07 Å². The summed E-state index contributed by atoms with van der Waals surface area (Å²) < 4.78 is 13.7. The Labute approximate surface area is 108 Å². The molecule has 4 heteroatoms. The maximum atomic E-state index is 13.7. The average molecular weight is 252 g/mol. The second-order valence-electron chi connectivity index (χ2n) is 4.71. The molecule has 0 aliphatic rings. The molecule has 2 N–H and O–H groups in total. The molecule has 100 valence electrons. The van der Waals surface area contributed by atoms with E-state index in [2.05, 4.69) is 10.6 Å². The minimum atomic E-state index is -0.864. The maximum absolute atomic E-state index is 13.7. The molecule has 0 saturated heterocycles. The van der Waals surface area contributed by atoms with Crippen LogP contribution >= 0.6 is 0 Å². The van der Waals surface area contributed by atoms with Gasteiger partial charge in [-0.2, -0.15) is 0 Å². The van der Waals surface area contributed by atoms with Gasteiger partial charge >= 0.3 is 0 Å². The van der Waals surface area contributed by atoms with Crippen LogP contribution < -0.4 is 10.6 Å². The van der Waals surface area contributed by atoms with E-state index in [4.69, 9.17) is 0 Å². The van der Waals surface area contributed by atoms with Gasteiger partial charge in [0.25, 0.3) is 0 Å². The van der Waals surface area contributed by atoms with Crippen LogP contribution in [0.5, 0.6) is 0 Å². The summed E-state index contributed by atoms with van der Waals surface area (Å²) >= 11 is 0. The van der Waals surface area contributed by atoms with Gasteiger partial charge in [0.15, 0.2) is 0 Å². The molecular weight excluding hydrogens is 231 g/mol. The molecule has 0 spiro atoms. The number of likely N-dealkylation sites (N-methyl/N-ethyl adjacent to an activating group) is 1. The van der Waals surface area contributed by atoms with Crippen LogP contribution in [0.4, 0.5) is 4.39 Å². The molecule has 1 aromatic carbocycles. The Morgan fingerprint density at radius 3 is 2.56 bits per heavy atom. The number of amides is 1. The fraction of sp³-hybridized carbons (Fsp3) is 0.500. The third-order valence-corrected chi connectivity index (χ3v) is 2.95. The zero-order valence-corrected chi connectivity index (χ0v) is 11.2. The highest BCUT2D eigenvalue weighted by atomic mass is 19.1. The third kappa shape index (κ3) is 3.53. The van der Waals surface area contributed by atoms with Crippen LogP contribution in [-0.4, -0.2) is 25.5 Å². The lowest BCUT2D eigenvalue weighted by atomic mass is 9.83. The second-order valence-corrected chi connectivity index (χ2v) is 4.71. The molecule has 0 unspecified atom stereocenters. The van der Waals surface area contributed by atoms with Gasteiger partial charge in [-0.1, -0.05) is 25.1 Å². The molecule has 0 bridgehead atoms. The van der Waals surface area contributed by atoms with Gasteiger partial charge in [-0.15, -0.1) is 0 Å². The lowest BCUT2D eigenvalue weighted by molar-refractivity contribution is -0.125. The zero-order valence-electron chi connectivity index (χ0n) is 11.2. The van der Waals surface area contributed by atoms with Gasteiger partial charge in [0, 0.05) is 18.7 Å². The van der Waals surface area contributed by atoms with Crippen molar-refractivity contribution in [3.63, 3.8) is 0 Å². The van der Waals surface area contributed by atoms with Crippen molar-refractivity contribution in [3.05, 3.63) is 35.6 Å². The molecule has 1 aromatic rings. The number of halogens is 1. The van der Waals surface area contributed by atoms with Gasteiger partial charge in [0.1, 0.15) is 5.82 Å². The highest BCUT2D eigenvalue weighted by Gasteiger charge is 2.31. The van der Waals surface area contributed by atoms with Crippen LogP contribution in [0.2, 0.25) is 0 Å². The third-order valence-electron chi connectivity index (χ3n) is 2.95. The Kier molecular flexibility index (Phi) is 5.28. The molecule has 0 atom stereocenters. The molecule has 0 aliphatic carbocycles. The Hall–Kier alpha value is -1.42. The summed E-state index contributed by atoms with van der Waals surface area (Å²) in [7, 11) is 0. The Balaban J connectivity index is 2.68. The number of carbonyl (C=O) groups is 1. The van der Waals surface area contributed by atoms with Gasteiger partial charge in [-0.05, 0) is 26.5 Å². The van der Waals surface area contributed by atoms with E-state index in [-0.39, 0.29) is 11.7 Å². The number of hydrogen-bond donors (Lipinski definition) is 2. The number of benzene rings is 1. The van der Waals surface area contributed by atoms with Crippen LogP contribution in [0.1, 0.15) is 26.3 Å². The first-order valence-corrected chi connectivity index (χ1v) is 6.24. The lowest BCUT2D eigenvalue weighted by Crippen LogP contribution is -2.43. The van der Waals surface area contributed by atoms with E-state index < -0.39 is 5.41 Å². The Morgan fingerprint density at radius 1 is 1.28 bits per heavy atom. The van der Waals surface area contributed by atoms with E-state index in [9.17, 15) is 9.18 Å². The highest BCUT2D eigenvalue weighted by Crippen LogP contribution is 2.25. The molecule has 3 nitrogen and oxygen atoms in total. The molecule has 1 amide bonds. The number of hydrogen-bond acceptors (Lipinski definition) is 2. The average Bonchev–Trinajstić information content (AvgIpc) is 2.34. The van der Waals surface area contributed by atoms with Crippen LogP contribution in [0.15, 0.2) is 24.3 Å². The van der Waals surface area contributed by atoms with E-state index >= 15 is 0 Å². The molecule has 0 aromatic heterocycles. The SMILES string of the molecule is CCNCCNC(=O)C(C)(C)c1ccccc1F. The van der Waals surface area contributed by atoms with Crippen molar-refractivity contribution >= 4 is 5.91 Å². The smallest absolute Gasteiger partial charge is 0.230 e. The van der Waals surface area contributed by atoms with Gasteiger partial charge in [-0.25, -0.2) is 4.39 Å². The standard InChI is InChI=1S/C14H21FN2O/c1-4-16-9-10-17-13(18)14(2,3)11-7-5-6-8-12(11)15/h5-8,16H,4,9-10H2,1-3H3,(H,17,18). The van der Waals surface area contributed by atoms with E-state index in [0.717, 1.165) is 13.1 Å². The minimum Gasteiger partial charge on any atom is -0.354 e. The van der Waals surface area contributed by atoms with Crippen molar-refractivity contribution in [1.29, 1.82) is 0 Å². The van der Waals surface area contributed by atoms with Gasteiger partial charge in [-0.3, -0.25) is 4.79 Å². The fourth-order valence-electron chi connectivity index (χ4n) is 1.75. The summed E-state index contributed by atoms with van der Waals surface area (Å²) in [5.74, 6) is -0.505. The van der Waals surface area contributed by atoms with Gasteiger partial charge in [0.2, 0.25) is 5.91 Å². The monoisotopic (exact) mass is 252 g/mol. The summed E-state index contributed by atoms with van der Waals surface area (Å²) in [5.41, 5.74) is -0.441.